The van der Waals surface area contributed by atoms with E-state index in [0.717, 1.165) is 4.90 Å². The Bertz CT molecular complexity index is 715. The molecular weight excluding hydrogens is 372 g/mol. The number of nitrogens with two attached hydrogens (primary N) is 1. The number of rotatable bonds is 4. The summed E-state index contributed by atoms with van der Waals surface area (Å²) in [5.74, 6) is -1.05. The van der Waals surface area contributed by atoms with Gasteiger partial charge in [-0.1, -0.05) is 0 Å². The van der Waals surface area contributed by atoms with Gasteiger partial charge in [0.15, 0.2) is 0 Å². The molecule has 3 aliphatic heterocycles. The Morgan fingerprint density at radius 3 is 2.58 bits per heavy atom. The van der Waals surface area contributed by atoms with Gasteiger partial charge in [0.2, 0.25) is 0 Å². The maximum Gasteiger partial charge on any atom is 0.418 e. The molecule has 13 nitrogen and oxygen atoms in total. The van der Waals surface area contributed by atoms with Crippen LogP contribution in [-0.2, 0) is 24.3 Å². The molecule has 26 heavy (non-hydrogen) atoms. The number of carbonyl (C=O) groups excluding carboxylic acids is 3. The summed E-state index contributed by atoms with van der Waals surface area (Å²) in [5, 5.41) is 3.46. The number of amides is 4. The summed E-state index contributed by atoms with van der Waals surface area (Å²) in [6, 6.07) is -2.97. The second-order valence-electron chi connectivity index (χ2n) is 6.45. The van der Waals surface area contributed by atoms with Gasteiger partial charge in [-0.15, -0.1) is 4.28 Å². The SMILES string of the molecule is N[C@@H]1CN[C@H](C(=O)NNC(=O)C2CC[C@@H]3CN2C(=O)N3OS(=O)(=O)O)C1. The van der Waals surface area contributed by atoms with Crippen molar-refractivity contribution in [1.82, 2.24) is 26.1 Å². The van der Waals surface area contributed by atoms with Gasteiger partial charge < -0.3 is 16.0 Å². The molecule has 6 N–H and O–H groups in total. The average molecular weight is 392 g/mol. The van der Waals surface area contributed by atoms with E-state index in [4.69, 9.17) is 10.3 Å². The Labute approximate surface area is 149 Å². The molecule has 0 radical (unpaired) electrons. The molecule has 0 aliphatic carbocycles. The van der Waals surface area contributed by atoms with Crippen molar-refractivity contribution in [3.63, 3.8) is 0 Å². The van der Waals surface area contributed by atoms with Crippen LogP contribution < -0.4 is 21.9 Å². The number of hydrogen-bond donors (Lipinski definition) is 5. The second kappa shape index (κ2) is 6.96. The van der Waals surface area contributed by atoms with Crippen molar-refractivity contribution >= 4 is 28.2 Å². The van der Waals surface area contributed by atoms with Crippen molar-refractivity contribution in [1.29, 1.82) is 0 Å². The quantitative estimate of drug-likeness (QED) is 0.243. The number of urea groups is 1. The minimum absolute atomic E-state index is 0.0689. The number of carbonyl (C=O) groups is 3. The van der Waals surface area contributed by atoms with Gasteiger partial charge in [-0.25, -0.2) is 4.79 Å². The minimum atomic E-state index is -4.85. The van der Waals surface area contributed by atoms with Crippen molar-refractivity contribution in [2.45, 2.75) is 43.4 Å². The van der Waals surface area contributed by atoms with Crippen molar-refractivity contribution < 1.29 is 31.6 Å². The lowest BCUT2D eigenvalue weighted by molar-refractivity contribution is -0.132. The van der Waals surface area contributed by atoms with Crippen molar-refractivity contribution in [2.24, 2.45) is 5.73 Å². The minimum Gasteiger partial charge on any atom is -0.326 e. The van der Waals surface area contributed by atoms with E-state index in [-0.39, 0.29) is 19.0 Å². The predicted octanol–water partition coefficient (Wildman–Crippen LogP) is -3.17. The van der Waals surface area contributed by atoms with Crippen LogP contribution in [0.5, 0.6) is 0 Å². The highest BCUT2D eigenvalue weighted by Gasteiger charge is 2.49. The van der Waals surface area contributed by atoms with Crippen LogP contribution >= 0.6 is 0 Å². The van der Waals surface area contributed by atoms with Crippen LogP contribution in [0.1, 0.15) is 19.3 Å². The zero-order valence-corrected chi connectivity index (χ0v) is 14.4. The highest BCUT2D eigenvalue weighted by Crippen LogP contribution is 2.30. The molecule has 2 bridgehead atoms. The second-order valence-corrected chi connectivity index (χ2v) is 7.45. The zero-order chi connectivity index (χ0) is 19.1. The molecule has 0 aromatic heterocycles. The molecule has 3 aliphatic rings. The van der Waals surface area contributed by atoms with Crippen LogP contribution in [0.3, 0.4) is 0 Å². The van der Waals surface area contributed by atoms with Crippen LogP contribution in [0.15, 0.2) is 0 Å². The Hall–Kier alpha value is -2.00. The molecule has 0 spiro atoms. The molecule has 0 aromatic carbocycles. The Morgan fingerprint density at radius 2 is 1.96 bits per heavy atom. The Balaban J connectivity index is 1.56. The number of nitrogens with one attached hydrogen (secondary N) is 3. The van der Waals surface area contributed by atoms with Crippen LogP contribution in [0.4, 0.5) is 4.79 Å². The fourth-order valence-corrected chi connectivity index (χ4v) is 3.75. The van der Waals surface area contributed by atoms with Gasteiger partial charge in [0.1, 0.15) is 6.04 Å². The number of hydroxylamine groups is 2. The molecule has 3 saturated heterocycles. The third kappa shape index (κ3) is 3.88. The zero-order valence-electron chi connectivity index (χ0n) is 13.6. The summed E-state index contributed by atoms with van der Waals surface area (Å²) < 4.78 is 34.7. The largest absolute Gasteiger partial charge is 0.418 e. The van der Waals surface area contributed by atoms with Gasteiger partial charge in [0.25, 0.3) is 11.8 Å². The standard InChI is InChI=1S/C12H20N6O7S/c13-6-3-8(14-4-6)10(19)15-16-11(20)9-2-1-7-5-17(9)12(21)18(7)25-26(22,23)24/h6-9,14H,1-5,13H2,(H,15,19)(H,16,20)(H,22,23,24)/t6-,7+,8-,9?/m0/s1. The van der Waals surface area contributed by atoms with Gasteiger partial charge in [-0.2, -0.15) is 13.5 Å². The van der Waals surface area contributed by atoms with Gasteiger partial charge in [0.05, 0.1) is 12.1 Å². The summed E-state index contributed by atoms with van der Waals surface area (Å²) in [4.78, 5) is 37.6. The van der Waals surface area contributed by atoms with Crippen LogP contribution in [0, 0.1) is 0 Å². The van der Waals surface area contributed by atoms with Crippen molar-refractivity contribution in [3.05, 3.63) is 0 Å². The fourth-order valence-electron chi connectivity index (χ4n) is 3.36. The maximum absolute atomic E-state index is 12.3. The molecule has 4 atom stereocenters. The molecule has 3 heterocycles. The smallest absolute Gasteiger partial charge is 0.326 e. The summed E-state index contributed by atoms with van der Waals surface area (Å²) in [7, 11) is -4.85. The summed E-state index contributed by atoms with van der Waals surface area (Å²) >= 11 is 0. The number of hydrazine groups is 1. The Kier molecular flexibility index (Phi) is 5.03. The maximum atomic E-state index is 12.3. The van der Waals surface area contributed by atoms with E-state index in [1.807, 2.05) is 0 Å². The lowest BCUT2D eigenvalue weighted by atomic mass is 10.0. The molecule has 3 fully saturated rings. The van der Waals surface area contributed by atoms with Crippen molar-refractivity contribution in [3.8, 4) is 0 Å². The van der Waals surface area contributed by atoms with E-state index in [1.54, 1.807) is 0 Å². The first-order chi connectivity index (χ1) is 12.2. The summed E-state index contributed by atoms with van der Waals surface area (Å²) in [6.07, 6.45) is 0.984. The third-order valence-electron chi connectivity index (χ3n) is 4.59. The van der Waals surface area contributed by atoms with E-state index in [2.05, 4.69) is 20.5 Å². The van der Waals surface area contributed by atoms with Crippen LogP contribution in [0.25, 0.3) is 0 Å². The lowest BCUT2D eigenvalue weighted by Gasteiger charge is -2.29. The molecular formula is C12H20N6O7S. The summed E-state index contributed by atoms with van der Waals surface area (Å²) in [5.41, 5.74) is 10.3. The van der Waals surface area contributed by atoms with E-state index in [0.29, 0.717) is 24.4 Å². The molecule has 3 rings (SSSR count). The van der Waals surface area contributed by atoms with Gasteiger partial charge in [0, 0.05) is 19.1 Å². The normalized spacial score (nSPS) is 31.2. The predicted molar refractivity (Wildman–Crippen MR) is 84.1 cm³/mol. The monoisotopic (exact) mass is 392 g/mol. The van der Waals surface area contributed by atoms with E-state index >= 15 is 0 Å². The third-order valence-corrected chi connectivity index (χ3v) is 4.94. The number of hydrogen-bond acceptors (Lipinski definition) is 8. The molecule has 0 aromatic rings. The number of piperidine rings is 1. The lowest BCUT2D eigenvalue weighted by Crippen LogP contribution is -2.56. The highest BCUT2D eigenvalue weighted by molar-refractivity contribution is 7.80. The Morgan fingerprint density at radius 1 is 1.27 bits per heavy atom. The van der Waals surface area contributed by atoms with Gasteiger partial charge in [-0.05, 0) is 19.3 Å². The van der Waals surface area contributed by atoms with E-state index in [1.165, 1.54) is 0 Å². The van der Waals surface area contributed by atoms with E-state index in [9.17, 15) is 22.8 Å². The van der Waals surface area contributed by atoms with Crippen LogP contribution in [-0.4, -0.2) is 78.0 Å². The van der Waals surface area contributed by atoms with Crippen molar-refractivity contribution in [2.75, 3.05) is 13.1 Å². The number of fused-ring (bicyclic) bond motifs is 2. The van der Waals surface area contributed by atoms with Gasteiger partial charge in [-0.3, -0.25) is 25.0 Å². The molecule has 146 valence electrons. The van der Waals surface area contributed by atoms with Crippen LogP contribution in [0.2, 0.25) is 0 Å². The molecule has 0 saturated carbocycles. The molecule has 14 heteroatoms. The van der Waals surface area contributed by atoms with E-state index < -0.39 is 46.4 Å². The highest BCUT2D eigenvalue weighted by atomic mass is 32.3. The fraction of sp³-hybridized carbons (Fsp3) is 0.750. The average Bonchev–Trinajstić information content (AvgIpc) is 3.09. The topological polar surface area (TPSA) is 183 Å². The first kappa shape index (κ1) is 18.8. The molecule has 4 amide bonds. The first-order valence-corrected chi connectivity index (χ1v) is 9.37. The van der Waals surface area contributed by atoms with Gasteiger partial charge >= 0.3 is 16.4 Å². The number of nitrogens with zero attached hydrogens (tertiary/aromatic N) is 2. The first-order valence-electron chi connectivity index (χ1n) is 8.01. The molecule has 1 unspecified atom stereocenters. The summed E-state index contributed by atoms with van der Waals surface area (Å²) in [6.45, 7) is 0.571.